The van der Waals surface area contributed by atoms with Gasteiger partial charge < -0.3 is 5.32 Å². The van der Waals surface area contributed by atoms with E-state index in [2.05, 4.69) is 10.4 Å². The van der Waals surface area contributed by atoms with E-state index in [9.17, 15) is 4.79 Å². The zero-order valence-electron chi connectivity index (χ0n) is 11.1. The molecule has 0 fully saturated rings. The third-order valence-electron chi connectivity index (χ3n) is 2.57. The zero-order chi connectivity index (χ0) is 13.3. The molecule has 5 heteroatoms. The molecule has 1 N–H and O–H groups in total. The molecular formula is C13H18N4O. The van der Waals surface area contributed by atoms with E-state index in [0.29, 0.717) is 5.69 Å². The lowest BCUT2D eigenvalue weighted by molar-refractivity contribution is 0.767. The van der Waals surface area contributed by atoms with Crippen LogP contribution in [0.15, 0.2) is 29.5 Å². The molecule has 0 bridgehead atoms. The number of aromatic nitrogens is 3. The summed E-state index contributed by atoms with van der Waals surface area (Å²) in [5, 5.41) is 7.26. The predicted molar refractivity (Wildman–Crippen MR) is 72.3 cm³/mol. The number of nitrogens with one attached hydrogen (secondary N) is 1. The van der Waals surface area contributed by atoms with Gasteiger partial charge in [0.05, 0.1) is 11.9 Å². The maximum absolute atomic E-state index is 12.3. The van der Waals surface area contributed by atoms with Crippen LogP contribution in [0.1, 0.15) is 19.4 Å². The predicted octanol–water partition coefficient (Wildman–Crippen LogP) is 1.70. The molecule has 0 unspecified atom stereocenters. The van der Waals surface area contributed by atoms with E-state index in [1.807, 2.05) is 46.3 Å². The van der Waals surface area contributed by atoms with E-state index in [1.165, 1.54) is 0 Å². The van der Waals surface area contributed by atoms with Gasteiger partial charge in [0, 0.05) is 25.5 Å². The second-order valence-corrected chi connectivity index (χ2v) is 4.78. The molecule has 5 nitrogen and oxygen atoms in total. The van der Waals surface area contributed by atoms with Crippen molar-refractivity contribution in [2.24, 2.45) is 7.05 Å². The van der Waals surface area contributed by atoms with Crippen molar-refractivity contribution >= 4 is 5.69 Å². The van der Waals surface area contributed by atoms with Crippen LogP contribution in [0.2, 0.25) is 0 Å². The van der Waals surface area contributed by atoms with Gasteiger partial charge in [-0.25, -0.2) is 0 Å². The van der Waals surface area contributed by atoms with Crippen molar-refractivity contribution in [3.8, 4) is 5.69 Å². The molecule has 2 rings (SSSR count). The Morgan fingerprint density at radius 3 is 2.61 bits per heavy atom. The summed E-state index contributed by atoms with van der Waals surface area (Å²) in [6.07, 6.45) is 5.32. The second kappa shape index (κ2) is 4.68. The topological polar surface area (TPSA) is 51.9 Å². The number of hydrogen-bond acceptors (Lipinski definition) is 3. The summed E-state index contributed by atoms with van der Waals surface area (Å²) in [7, 11) is 1.83. The van der Waals surface area contributed by atoms with E-state index in [0.717, 1.165) is 11.3 Å². The van der Waals surface area contributed by atoms with Gasteiger partial charge in [-0.3, -0.25) is 14.0 Å². The summed E-state index contributed by atoms with van der Waals surface area (Å²) in [5.74, 6) is 0. The molecule has 96 valence electrons. The number of aryl methyl sites for hydroxylation is 2. The van der Waals surface area contributed by atoms with Gasteiger partial charge in [-0.15, -0.1) is 0 Å². The molecule has 2 aromatic heterocycles. The van der Waals surface area contributed by atoms with E-state index < -0.39 is 0 Å². The van der Waals surface area contributed by atoms with Gasteiger partial charge >= 0.3 is 0 Å². The van der Waals surface area contributed by atoms with Gasteiger partial charge in [-0.2, -0.15) is 5.10 Å². The van der Waals surface area contributed by atoms with Crippen molar-refractivity contribution in [2.75, 3.05) is 5.32 Å². The van der Waals surface area contributed by atoms with Gasteiger partial charge in [-0.05, 0) is 32.4 Å². The van der Waals surface area contributed by atoms with Crippen LogP contribution in [0.4, 0.5) is 5.69 Å². The maximum Gasteiger partial charge on any atom is 0.278 e. The Hall–Kier alpha value is -2.04. The molecule has 2 heterocycles. The summed E-state index contributed by atoms with van der Waals surface area (Å²) in [4.78, 5) is 12.3. The fourth-order valence-corrected chi connectivity index (χ4v) is 1.86. The summed E-state index contributed by atoms with van der Waals surface area (Å²) in [6.45, 7) is 5.99. The molecule has 0 aliphatic heterocycles. The first-order chi connectivity index (χ1) is 8.47. The van der Waals surface area contributed by atoms with Crippen molar-refractivity contribution in [3.05, 3.63) is 40.6 Å². The SMILES string of the molecule is Cc1cc(NC(C)C)c(=O)n(-c2cnn(C)c2)c1. The Labute approximate surface area is 106 Å². The zero-order valence-corrected chi connectivity index (χ0v) is 11.1. The highest BCUT2D eigenvalue weighted by Crippen LogP contribution is 2.10. The van der Waals surface area contributed by atoms with E-state index in [4.69, 9.17) is 0 Å². The van der Waals surface area contributed by atoms with Gasteiger partial charge in [0.2, 0.25) is 0 Å². The van der Waals surface area contributed by atoms with E-state index in [1.54, 1.807) is 15.4 Å². The van der Waals surface area contributed by atoms with E-state index >= 15 is 0 Å². The standard InChI is InChI=1S/C13H18N4O/c1-9(2)15-12-5-10(3)7-17(13(12)18)11-6-14-16(4)8-11/h5-9,15H,1-4H3. The van der Waals surface area contributed by atoms with Crippen LogP contribution in [0, 0.1) is 6.92 Å². The van der Waals surface area contributed by atoms with Crippen LogP contribution in [0.25, 0.3) is 5.69 Å². The normalized spacial score (nSPS) is 10.9. The Morgan fingerprint density at radius 1 is 1.33 bits per heavy atom. The first-order valence-corrected chi connectivity index (χ1v) is 5.96. The largest absolute Gasteiger partial charge is 0.378 e. The molecule has 0 saturated carbocycles. The molecule has 0 spiro atoms. The lowest BCUT2D eigenvalue weighted by atomic mass is 10.2. The Bertz CT molecular complexity index is 610. The van der Waals surface area contributed by atoms with Crippen molar-refractivity contribution in [1.29, 1.82) is 0 Å². The van der Waals surface area contributed by atoms with Crippen LogP contribution in [-0.2, 0) is 7.05 Å². The average molecular weight is 246 g/mol. The molecule has 0 aliphatic carbocycles. The number of anilines is 1. The summed E-state index contributed by atoms with van der Waals surface area (Å²) in [5.41, 5.74) is 2.37. The van der Waals surface area contributed by atoms with Gasteiger partial charge in [0.1, 0.15) is 5.69 Å². The lowest BCUT2D eigenvalue weighted by Crippen LogP contribution is -2.24. The Balaban J connectivity index is 2.54. The highest BCUT2D eigenvalue weighted by molar-refractivity contribution is 5.46. The number of rotatable bonds is 3. The van der Waals surface area contributed by atoms with Gasteiger partial charge in [-0.1, -0.05) is 0 Å². The highest BCUT2D eigenvalue weighted by Gasteiger charge is 2.08. The highest BCUT2D eigenvalue weighted by atomic mass is 16.1. The van der Waals surface area contributed by atoms with Crippen molar-refractivity contribution in [3.63, 3.8) is 0 Å². The smallest absolute Gasteiger partial charge is 0.278 e. The third-order valence-corrected chi connectivity index (χ3v) is 2.57. The molecule has 2 aromatic rings. The summed E-state index contributed by atoms with van der Waals surface area (Å²) in [6, 6.07) is 2.09. The number of nitrogens with zero attached hydrogens (tertiary/aromatic N) is 3. The minimum Gasteiger partial charge on any atom is -0.378 e. The molecular weight excluding hydrogens is 228 g/mol. The van der Waals surface area contributed by atoms with Crippen LogP contribution >= 0.6 is 0 Å². The first-order valence-electron chi connectivity index (χ1n) is 5.96. The second-order valence-electron chi connectivity index (χ2n) is 4.78. The van der Waals surface area contributed by atoms with Crippen molar-refractivity contribution in [2.45, 2.75) is 26.8 Å². The summed E-state index contributed by atoms with van der Waals surface area (Å²) >= 11 is 0. The van der Waals surface area contributed by atoms with Crippen LogP contribution in [0.5, 0.6) is 0 Å². The minimum absolute atomic E-state index is 0.0534. The number of pyridine rings is 1. The quantitative estimate of drug-likeness (QED) is 0.896. The lowest BCUT2D eigenvalue weighted by Gasteiger charge is -2.12. The maximum atomic E-state index is 12.3. The fraction of sp³-hybridized carbons (Fsp3) is 0.385. The van der Waals surface area contributed by atoms with Crippen molar-refractivity contribution < 1.29 is 0 Å². The fourth-order valence-electron chi connectivity index (χ4n) is 1.86. The van der Waals surface area contributed by atoms with Gasteiger partial charge in [0.25, 0.3) is 5.56 Å². The third kappa shape index (κ3) is 2.45. The molecule has 0 saturated heterocycles. The Morgan fingerprint density at radius 2 is 2.06 bits per heavy atom. The molecule has 0 aliphatic rings. The van der Waals surface area contributed by atoms with Crippen LogP contribution < -0.4 is 10.9 Å². The van der Waals surface area contributed by atoms with Crippen molar-refractivity contribution in [1.82, 2.24) is 14.3 Å². The monoisotopic (exact) mass is 246 g/mol. The molecule has 0 aromatic carbocycles. The molecule has 0 atom stereocenters. The minimum atomic E-state index is -0.0534. The van der Waals surface area contributed by atoms with Gasteiger partial charge in [0.15, 0.2) is 0 Å². The summed E-state index contributed by atoms with van der Waals surface area (Å²) < 4.78 is 3.30. The Kier molecular flexibility index (Phi) is 3.23. The number of hydrogen-bond donors (Lipinski definition) is 1. The molecule has 18 heavy (non-hydrogen) atoms. The van der Waals surface area contributed by atoms with E-state index in [-0.39, 0.29) is 11.6 Å². The average Bonchev–Trinajstić information content (AvgIpc) is 2.69. The van der Waals surface area contributed by atoms with Crippen LogP contribution in [-0.4, -0.2) is 20.4 Å². The first kappa shape index (κ1) is 12.4. The van der Waals surface area contributed by atoms with Crippen LogP contribution in [0.3, 0.4) is 0 Å². The molecule has 0 radical (unpaired) electrons. The molecule has 0 amide bonds.